The number of hydrogen-bond acceptors (Lipinski definition) is 6. The number of carbonyl (C=O) groups excluding carboxylic acids is 1. The molecule has 1 fully saturated rings. The quantitative estimate of drug-likeness (QED) is 0.730. The van der Waals surface area contributed by atoms with Crippen LogP contribution in [0.2, 0.25) is 0 Å². The maximum absolute atomic E-state index is 12.7. The van der Waals surface area contributed by atoms with Crippen molar-refractivity contribution in [2.45, 2.75) is 20.4 Å². The Balaban J connectivity index is 1.43. The summed E-state index contributed by atoms with van der Waals surface area (Å²) in [5.74, 6) is 0.665. The van der Waals surface area contributed by atoms with Gasteiger partial charge in [-0.15, -0.1) is 5.10 Å². The van der Waals surface area contributed by atoms with Crippen molar-refractivity contribution >= 4 is 5.91 Å². The van der Waals surface area contributed by atoms with Gasteiger partial charge in [0.1, 0.15) is 5.75 Å². The topological polar surface area (TPSA) is 87.4 Å². The van der Waals surface area contributed by atoms with E-state index < -0.39 is 0 Å². The molecule has 1 saturated heterocycles. The van der Waals surface area contributed by atoms with E-state index in [0.29, 0.717) is 25.2 Å². The summed E-state index contributed by atoms with van der Waals surface area (Å²) in [5, 5.41) is 22.2. The van der Waals surface area contributed by atoms with Gasteiger partial charge < -0.3 is 10.0 Å². The van der Waals surface area contributed by atoms with Crippen LogP contribution in [0.1, 0.15) is 27.3 Å². The van der Waals surface area contributed by atoms with Gasteiger partial charge in [0.25, 0.3) is 5.91 Å². The van der Waals surface area contributed by atoms with E-state index in [4.69, 9.17) is 0 Å². The lowest BCUT2D eigenvalue weighted by Crippen LogP contribution is -2.48. The van der Waals surface area contributed by atoms with Gasteiger partial charge in [0.15, 0.2) is 5.82 Å². The van der Waals surface area contributed by atoms with Crippen LogP contribution < -0.4 is 0 Å². The largest absolute Gasteiger partial charge is 0.507 e. The molecule has 8 heteroatoms. The van der Waals surface area contributed by atoms with Gasteiger partial charge in [0.05, 0.1) is 17.8 Å². The normalized spacial score (nSPS) is 14.9. The van der Waals surface area contributed by atoms with Gasteiger partial charge in [0, 0.05) is 26.2 Å². The van der Waals surface area contributed by atoms with Gasteiger partial charge in [-0.05, 0) is 47.5 Å². The second-order valence-electron chi connectivity index (χ2n) is 7.33. The first-order chi connectivity index (χ1) is 14.0. The summed E-state index contributed by atoms with van der Waals surface area (Å²) in [6, 6.07) is 12.8. The minimum absolute atomic E-state index is 0.0210. The lowest BCUT2D eigenvalue weighted by atomic mass is 10.1. The highest BCUT2D eigenvalue weighted by atomic mass is 16.3. The fourth-order valence-electron chi connectivity index (χ4n) is 3.75. The smallest absolute Gasteiger partial charge is 0.257 e. The molecule has 0 saturated carbocycles. The van der Waals surface area contributed by atoms with Gasteiger partial charge in [0.2, 0.25) is 0 Å². The first-order valence-corrected chi connectivity index (χ1v) is 9.68. The number of rotatable bonds is 4. The van der Waals surface area contributed by atoms with Crippen LogP contribution >= 0.6 is 0 Å². The summed E-state index contributed by atoms with van der Waals surface area (Å²) in [5.41, 5.74) is 3.61. The number of phenols is 1. The van der Waals surface area contributed by atoms with Crippen molar-refractivity contribution in [1.82, 2.24) is 30.0 Å². The van der Waals surface area contributed by atoms with Gasteiger partial charge in [-0.25, -0.2) is 0 Å². The van der Waals surface area contributed by atoms with E-state index in [0.717, 1.165) is 35.7 Å². The molecule has 29 heavy (non-hydrogen) atoms. The summed E-state index contributed by atoms with van der Waals surface area (Å²) < 4.78 is 1.81. The Labute approximate surface area is 169 Å². The maximum atomic E-state index is 12.7. The third-order valence-electron chi connectivity index (χ3n) is 5.34. The van der Waals surface area contributed by atoms with Crippen LogP contribution in [0.5, 0.6) is 5.75 Å². The standard InChI is InChI=1S/C21H24N6O2/c1-15-6-5-7-16(2)20(15)27-19(22-23-24-27)14-25-10-12-26(13-11-25)21(29)17-8-3-4-9-18(17)28/h3-9,28H,10-14H2,1-2H3. The predicted molar refractivity (Wildman–Crippen MR) is 108 cm³/mol. The van der Waals surface area contributed by atoms with E-state index in [1.165, 1.54) is 6.07 Å². The Morgan fingerprint density at radius 1 is 1.00 bits per heavy atom. The third-order valence-corrected chi connectivity index (χ3v) is 5.34. The first-order valence-electron chi connectivity index (χ1n) is 9.68. The van der Waals surface area contributed by atoms with Crippen molar-refractivity contribution in [2.24, 2.45) is 0 Å². The average molecular weight is 392 g/mol. The highest BCUT2D eigenvalue weighted by molar-refractivity contribution is 5.96. The molecule has 0 radical (unpaired) electrons. The van der Waals surface area contributed by atoms with E-state index in [1.807, 2.05) is 10.7 Å². The second-order valence-corrected chi connectivity index (χ2v) is 7.33. The Kier molecular flexibility index (Phi) is 5.26. The van der Waals surface area contributed by atoms with E-state index in [-0.39, 0.29) is 11.7 Å². The zero-order valence-corrected chi connectivity index (χ0v) is 16.6. The number of aromatic hydroxyl groups is 1. The van der Waals surface area contributed by atoms with E-state index in [1.54, 1.807) is 23.1 Å². The fourth-order valence-corrected chi connectivity index (χ4v) is 3.75. The van der Waals surface area contributed by atoms with Crippen LogP contribution in [0.3, 0.4) is 0 Å². The summed E-state index contributed by atoms with van der Waals surface area (Å²) in [6.45, 7) is 7.35. The minimum Gasteiger partial charge on any atom is -0.507 e. The van der Waals surface area contributed by atoms with Crippen molar-refractivity contribution < 1.29 is 9.90 Å². The van der Waals surface area contributed by atoms with Crippen LogP contribution in [-0.4, -0.2) is 67.2 Å². The minimum atomic E-state index is -0.136. The van der Waals surface area contributed by atoms with Gasteiger partial charge in [-0.1, -0.05) is 30.3 Å². The van der Waals surface area contributed by atoms with Gasteiger partial charge in [-0.3, -0.25) is 9.69 Å². The van der Waals surface area contributed by atoms with Crippen molar-refractivity contribution in [2.75, 3.05) is 26.2 Å². The molecule has 1 aliphatic rings. The SMILES string of the molecule is Cc1cccc(C)c1-n1nnnc1CN1CCN(C(=O)c2ccccc2O)CC1. The molecular weight excluding hydrogens is 368 g/mol. The highest BCUT2D eigenvalue weighted by Crippen LogP contribution is 2.21. The Morgan fingerprint density at radius 3 is 2.38 bits per heavy atom. The number of carbonyl (C=O) groups is 1. The molecule has 3 aromatic rings. The summed E-state index contributed by atoms with van der Waals surface area (Å²) in [7, 11) is 0. The number of tetrazole rings is 1. The van der Waals surface area contributed by atoms with Crippen LogP contribution in [0.15, 0.2) is 42.5 Å². The molecule has 8 nitrogen and oxygen atoms in total. The van der Waals surface area contributed by atoms with Crippen molar-refractivity contribution in [1.29, 1.82) is 0 Å². The molecular formula is C21H24N6O2. The molecule has 4 rings (SSSR count). The Bertz CT molecular complexity index is 1000. The average Bonchev–Trinajstić information content (AvgIpc) is 3.16. The Morgan fingerprint density at radius 2 is 1.69 bits per heavy atom. The number of phenolic OH excluding ortho intramolecular Hbond substituents is 1. The van der Waals surface area contributed by atoms with E-state index in [2.05, 4.69) is 46.4 Å². The number of nitrogens with zero attached hydrogens (tertiary/aromatic N) is 6. The zero-order chi connectivity index (χ0) is 20.4. The third kappa shape index (κ3) is 3.84. The molecule has 2 aromatic carbocycles. The van der Waals surface area contributed by atoms with E-state index >= 15 is 0 Å². The van der Waals surface area contributed by atoms with Crippen molar-refractivity contribution in [3.8, 4) is 11.4 Å². The second kappa shape index (κ2) is 8.00. The zero-order valence-electron chi connectivity index (χ0n) is 16.6. The summed E-state index contributed by atoms with van der Waals surface area (Å²) in [4.78, 5) is 16.7. The molecule has 1 N–H and O–H groups in total. The Hall–Kier alpha value is -3.26. The number of benzene rings is 2. The summed E-state index contributed by atoms with van der Waals surface area (Å²) >= 11 is 0. The number of hydrogen-bond donors (Lipinski definition) is 1. The lowest BCUT2D eigenvalue weighted by Gasteiger charge is -2.34. The predicted octanol–water partition coefficient (Wildman–Crippen LogP) is 1.94. The molecule has 0 aliphatic carbocycles. The monoisotopic (exact) mass is 392 g/mol. The number of para-hydroxylation sites is 2. The van der Waals surface area contributed by atoms with Crippen LogP contribution in [0.4, 0.5) is 0 Å². The molecule has 0 bridgehead atoms. The van der Waals surface area contributed by atoms with Crippen LogP contribution in [0, 0.1) is 13.8 Å². The first kappa shape index (κ1) is 19.1. The van der Waals surface area contributed by atoms with Gasteiger partial charge in [-0.2, -0.15) is 4.68 Å². The molecule has 2 heterocycles. The summed E-state index contributed by atoms with van der Waals surface area (Å²) in [6.07, 6.45) is 0. The number of amides is 1. The van der Waals surface area contributed by atoms with Crippen molar-refractivity contribution in [3.05, 3.63) is 65.0 Å². The lowest BCUT2D eigenvalue weighted by molar-refractivity contribution is 0.0621. The van der Waals surface area contributed by atoms with Crippen LogP contribution in [-0.2, 0) is 6.54 Å². The molecule has 150 valence electrons. The molecule has 0 spiro atoms. The number of piperazine rings is 1. The van der Waals surface area contributed by atoms with Crippen molar-refractivity contribution in [3.63, 3.8) is 0 Å². The van der Waals surface area contributed by atoms with Crippen LogP contribution in [0.25, 0.3) is 5.69 Å². The fraction of sp³-hybridized carbons (Fsp3) is 0.333. The molecule has 0 unspecified atom stereocenters. The highest BCUT2D eigenvalue weighted by Gasteiger charge is 2.25. The maximum Gasteiger partial charge on any atom is 0.257 e. The number of aryl methyl sites for hydroxylation is 2. The number of aromatic nitrogens is 4. The molecule has 1 aliphatic heterocycles. The molecule has 1 amide bonds. The molecule has 1 aromatic heterocycles. The van der Waals surface area contributed by atoms with Gasteiger partial charge >= 0.3 is 0 Å². The molecule has 0 atom stereocenters. The van der Waals surface area contributed by atoms with E-state index in [9.17, 15) is 9.90 Å².